The Bertz CT molecular complexity index is 398. The molecule has 0 aliphatic rings. The number of thiazole rings is 1. The molecular weight excluding hydrogens is 234 g/mol. The van der Waals surface area contributed by atoms with E-state index in [9.17, 15) is 9.00 Å². The molecule has 0 aliphatic heterocycles. The van der Waals surface area contributed by atoms with Gasteiger partial charge in [0.05, 0.1) is 5.75 Å². The number of rotatable bonds is 4. The topological polar surface area (TPSA) is 67.3 Å². The average molecular weight is 247 g/mol. The van der Waals surface area contributed by atoms with E-state index in [0.717, 1.165) is 10.7 Å². The molecule has 4 nitrogen and oxygen atoms in total. The molecule has 0 aliphatic carbocycles. The SMILES string of the molecule is Cc1csc(CS(=O)C(C)(C)C(=O)O)n1. The van der Waals surface area contributed by atoms with Crippen molar-refractivity contribution in [2.75, 3.05) is 0 Å². The molecule has 0 aromatic carbocycles. The summed E-state index contributed by atoms with van der Waals surface area (Å²) in [5.41, 5.74) is 0.875. The summed E-state index contributed by atoms with van der Waals surface area (Å²) in [5.74, 6) is -0.841. The zero-order chi connectivity index (χ0) is 11.6. The number of carboxylic acids is 1. The van der Waals surface area contributed by atoms with Crippen molar-refractivity contribution in [3.05, 3.63) is 16.1 Å². The molecule has 1 rings (SSSR count). The van der Waals surface area contributed by atoms with Crippen molar-refractivity contribution < 1.29 is 14.1 Å². The van der Waals surface area contributed by atoms with Crippen LogP contribution in [0.2, 0.25) is 0 Å². The fraction of sp³-hybridized carbons (Fsp3) is 0.556. The fourth-order valence-electron chi connectivity index (χ4n) is 0.859. The van der Waals surface area contributed by atoms with Gasteiger partial charge >= 0.3 is 5.97 Å². The van der Waals surface area contributed by atoms with Crippen LogP contribution in [-0.2, 0) is 21.3 Å². The second-order valence-electron chi connectivity index (χ2n) is 3.69. The molecule has 0 saturated carbocycles. The molecule has 0 radical (unpaired) electrons. The summed E-state index contributed by atoms with van der Waals surface area (Å²) < 4.78 is 10.6. The Morgan fingerprint density at radius 2 is 2.27 bits per heavy atom. The number of hydrogen-bond acceptors (Lipinski definition) is 4. The van der Waals surface area contributed by atoms with Crippen LogP contribution in [0.15, 0.2) is 5.38 Å². The van der Waals surface area contributed by atoms with E-state index in [1.807, 2.05) is 12.3 Å². The molecule has 15 heavy (non-hydrogen) atoms. The molecule has 0 amide bonds. The minimum absolute atomic E-state index is 0.206. The van der Waals surface area contributed by atoms with Gasteiger partial charge in [0.25, 0.3) is 0 Å². The van der Waals surface area contributed by atoms with Crippen LogP contribution in [0.5, 0.6) is 0 Å². The molecule has 0 saturated heterocycles. The lowest BCUT2D eigenvalue weighted by molar-refractivity contribution is -0.139. The maximum absolute atomic E-state index is 11.8. The highest BCUT2D eigenvalue weighted by atomic mass is 32.2. The van der Waals surface area contributed by atoms with Gasteiger partial charge in [0.15, 0.2) is 0 Å². The molecular formula is C9H13NO3S2. The highest BCUT2D eigenvalue weighted by Crippen LogP contribution is 2.19. The minimum Gasteiger partial charge on any atom is -0.480 e. The lowest BCUT2D eigenvalue weighted by Crippen LogP contribution is -2.37. The molecule has 1 heterocycles. The fourth-order valence-corrected chi connectivity index (χ4v) is 2.85. The van der Waals surface area contributed by atoms with Gasteiger partial charge in [-0.05, 0) is 20.8 Å². The average Bonchev–Trinajstić information content (AvgIpc) is 2.50. The van der Waals surface area contributed by atoms with Gasteiger partial charge in [-0.1, -0.05) is 0 Å². The molecule has 1 N–H and O–H groups in total. The second-order valence-corrected chi connectivity index (χ2v) is 6.63. The van der Waals surface area contributed by atoms with Gasteiger partial charge < -0.3 is 5.11 Å². The van der Waals surface area contributed by atoms with Crippen LogP contribution in [0, 0.1) is 6.92 Å². The molecule has 1 unspecified atom stereocenters. The third-order valence-electron chi connectivity index (χ3n) is 2.01. The predicted molar refractivity (Wildman–Crippen MR) is 60.4 cm³/mol. The third kappa shape index (κ3) is 2.85. The van der Waals surface area contributed by atoms with Crippen molar-refractivity contribution >= 4 is 28.1 Å². The van der Waals surface area contributed by atoms with Crippen molar-refractivity contribution in [1.82, 2.24) is 4.98 Å². The van der Waals surface area contributed by atoms with Crippen LogP contribution < -0.4 is 0 Å². The molecule has 1 aromatic rings. The zero-order valence-corrected chi connectivity index (χ0v) is 10.4. The molecule has 0 bridgehead atoms. The monoisotopic (exact) mass is 247 g/mol. The molecule has 0 fully saturated rings. The Morgan fingerprint density at radius 1 is 1.67 bits per heavy atom. The summed E-state index contributed by atoms with van der Waals surface area (Å²) in [5, 5.41) is 11.5. The number of aromatic nitrogens is 1. The van der Waals surface area contributed by atoms with Gasteiger partial charge in [-0.15, -0.1) is 11.3 Å². The third-order valence-corrected chi connectivity index (χ3v) is 5.00. The summed E-state index contributed by atoms with van der Waals surface area (Å²) in [7, 11) is -1.45. The number of nitrogens with zero attached hydrogens (tertiary/aromatic N) is 1. The summed E-state index contributed by atoms with van der Waals surface area (Å²) in [6.45, 7) is 4.78. The summed E-state index contributed by atoms with van der Waals surface area (Å²) >= 11 is 1.41. The van der Waals surface area contributed by atoms with E-state index in [4.69, 9.17) is 5.11 Å². The number of aryl methyl sites for hydroxylation is 1. The molecule has 84 valence electrons. The number of aliphatic carboxylic acids is 1. The van der Waals surface area contributed by atoms with E-state index in [2.05, 4.69) is 4.98 Å². The van der Waals surface area contributed by atoms with Crippen LogP contribution >= 0.6 is 11.3 Å². The van der Waals surface area contributed by atoms with E-state index in [1.54, 1.807) is 0 Å². The van der Waals surface area contributed by atoms with Crippen LogP contribution in [0.3, 0.4) is 0 Å². The van der Waals surface area contributed by atoms with Crippen molar-refractivity contribution in [3.63, 3.8) is 0 Å². The van der Waals surface area contributed by atoms with Crippen molar-refractivity contribution in [2.45, 2.75) is 31.3 Å². The van der Waals surface area contributed by atoms with Crippen LogP contribution in [0.4, 0.5) is 0 Å². The summed E-state index contributed by atoms with van der Waals surface area (Å²) in [6.07, 6.45) is 0. The Kier molecular flexibility index (Phi) is 3.62. The lowest BCUT2D eigenvalue weighted by atomic mass is 10.2. The number of hydrogen-bond donors (Lipinski definition) is 1. The summed E-state index contributed by atoms with van der Waals surface area (Å²) in [4.78, 5) is 15.0. The first-order valence-electron chi connectivity index (χ1n) is 4.37. The van der Waals surface area contributed by atoms with Crippen molar-refractivity contribution in [2.24, 2.45) is 0 Å². The Hall–Kier alpha value is -0.750. The first-order valence-corrected chi connectivity index (χ1v) is 6.57. The van der Waals surface area contributed by atoms with E-state index in [1.165, 1.54) is 25.2 Å². The number of carbonyl (C=O) groups is 1. The standard InChI is InChI=1S/C9H13NO3S2/c1-6-4-14-7(10-6)5-15(13)9(2,3)8(11)12/h4H,5H2,1-3H3,(H,11,12). The highest BCUT2D eigenvalue weighted by molar-refractivity contribution is 7.86. The van der Waals surface area contributed by atoms with Gasteiger partial charge in [0, 0.05) is 21.9 Å². The Labute approximate surface area is 94.8 Å². The van der Waals surface area contributed by atoms with Crippen LogP contribution in [0.1, 0.15) is 24.5 Å². The van der Waals surface area contributed by atoms with E-state index < -0.39 is 21.5 Å². The maximum Gasteiger partial charge on any atom is 0.321 e. The molecule has 0 spiro atoms. The normalized spacial score (nSPS) is 13.8. The Balaban J connectivity index is 2.76. The highest BCUT2D eigenvalue weighted by Gasteiger charge is 2.34. The lowest BCUT2D eigenvalue weighted by Gasteiger charge is -2.17. The van der Waals surface area contributed by atoms with Gasteiger partial charge in [-0.25, -0.2) is 4.98 Å². The van der Waals surface area contributed by atoms with Gasteiger partial charge in [-0.3, -0.25) is 9.00 Å². The molecule has 1 aromatic heterocycles. The first-order chi connectivity index (χ1) is 6.84. The minimum atomic E-state index is -1.45. The largest absolute Gasteiger partial charge is 0.480 e. The summed E-state index contributed by atoms with van der Waals surface area (Å²) in [6, 6.07) is 0. The van der Waals surface area contributed by atoms with Crippen LogP contribution in [0.25, 0.3) is 0 Å². The van der Waals surface area contributed by atoms with Gasteiger partial charge in [-0.2, -0.15) is 0 Å². The van der Waals surface area contributed by atoms with Gasteiger partial charge in [0.2, 0.25) is 0 Å². The second kappa shape index (κ2) is 4.40. The molecule has 6 heteroatoms. The predicted octanol–water partition coefficient (Wildman–Crippen LogP) is 1.56. The zero-order valence-electron chi connectivity index (χ0n) is 8.81. The van der Waals surface area contributed by atoms with Crippen molar-refractivity contribution in [3.8, 4) is 0 Å². The molecule has 1 atom stereocenters. The first kappa shape index (κ1) is 12.3. The number of carboxylic acid groups (broad SMARTS) is 1. The van der Waals surface area contributed by atoms with E-state index in [-0.39, 0.29) is 5.75 Å². The Morgan fingerprint density at radius 3 is 2.67 bits per heavy atom. The van der Waals surface area contributed by atoms with Gasteiger partial charge in [0.1, 0.15) is 9.75 Å². The smallest absolute Gasteiger partial charge is 0.321 e. The quantitative estimate of drug-likeness (QED) is 0.877. The van der Waals surface area contributed by atoms with Crippen molar-refractivity contribution in [1.29, 1.82) is 0 Å². The maximum atomic E-state index is 11.8. The van der Waals surface area contributed by atoms with E-state index >= 15 is 0 Å². The van der Waals surface area contributed by atoms with Crippen LogP contribution in [-0.4, -0.2) is 25.0 Å². The van der Waals surface area contributed by atoms with E-state index in [0.29, 0.717) is 0 Å².